The standard InChI is InChI=1S/C11H21N/c1-8-5-9-6-10(8)12(7-9)11(2,3)4/h8-10H,5-7H2,1-4H3/t8-,9-,10-/m1/s1. The number of likely N-dealkylation sites (tertiary alicyclic amines) is 1. The Morgan fingerprint density at radius 2 is 1.83 bits per heavy atom. The molecule has 1 heterocycles. The van der Waals surface area contributed by atoms with Gasteiger partial charge in [-0.2, -0.15) is 0 Å². The Labute approximate surface area is 76.1 Å². The zero-order valence-electron chi connectivity index (χ0n) is 8.80. The summed E-state index contributed by atoms with van der Waals surface area (Å²) in [5.74, 6) is 1.96. The van der Waals surface area contributed by atoms with Crippen LogP contribution in [0.5, 0.6) is 0 Å². The lowest BCUT2D eigenvalue weighted by Gasteiger charge is -2.41. The van der Waals surface area contributed by atoms with Crippen molar-refractivity contribution in [2.45, 2.75) is 52.1 Å². The summed E-state index contributed by atoms with van der Waals surface area (Å²) in [5, 5.41) is 0. The Kier molecular flexibility index (Phi) is 1.76. The first-order valence-electron chi connectivity index (χ1n) is 5.25. The van der Waals surface area contributed by atoms with Gasteiger partial charge < -0.3 is 0 Å². The van der Waals surface area contributed by atoms with Gasteiger partial charge in [0, 0.05) is 18.1 Å². The Hall–Kier alpha value is -0.0400. The van der Waals surface area contributed by atoms with Gasteiger partial charge in [-0.25, -0.2) is 0 Å². The van der Waals surface area contributed by atoms with E-state index in [4.69, 9.17) is 0 Å². The smallest absolute Gasteiger partial charge is 0.0129 e. The Bertz CT molecular complexity index is 180. The molecule has 70 valence electrons. The highest BCUT2D eigenvalue weighted by Gasteiger charge is 2.46. The molecule has 0 aromatic rings. The van der Waals surface area contributed by atoms with Gasteiger partial charge in [0.2, 0.25) is 0 Å². The van der Waals surface area contributed by atoms with Crippen molar-refractivity contribution in [1.29, 1.82) is 0 Å². The minimum Gasteiger partial charge on any atom is -0.295 e. The molecule has 0 spiro atoms. The first-order valence-corrected chi connectivity index (χ1v) is 5.25. The maximum atomic E-state index is 2.71. The van der Waals surface area contributed by atoms with Gasteiger partial charge >= 0.3 is 0 Å². The van der Waals surface area contributed by atoms with Gasteiger partial charge in [-0.15, -0.1) is 0 Å². The molecule has 12 heavy (non-hydrogen) atoms. The first kappa shape index (κ1) is 8.55. The second kappa shape index (κ2) is 2.47. The van der Waals surface area contributed by atoms with Crippen molar-refractivity contribution >= 4 is 0 Å². The molecule has 1 saturated heterocycles. The van der Waals surface area contributed by atoms with Crippen molar-refractivity contribution < 1.29 is 0 Å². The van der Waals surface area contributed by atoms with Crippen LogP contribution in [0.3, 0.4) is 0 Å². The molecule has 1 aliphatic carbocycles. The van der Waals surface area contributed by atoms with E-state index in [1.54, 1.807) is 0 Å². The van der Waals surface area contributed by atoms with Crippen LogP contribution in [-0.2, 0) is 0 Å². The zero-order valence-corrected chi connectivity index (χ0v) is 8.80. The van der Waals surface area contributed by atoms with E-state index in [9.17, 15) is 0 Å². The lowest BCUT2D eigenvalue weighted by atomic mass is 9.95. The molecule has 1 heteroatoms. The monoisotopic (exact) mass is 167 g/mol. The van der Waals surface area contributed by atoms with Gasteiger partial charge in [-0.1, -0.05) is 6.92 Å². The van der Waals surface area contributed by atoms with Crippen LogP contribution in [0.15, 0.2) is 0 Å². The highest BCUT2D eigenvalue weighted by molar-refractivity contribution is 5.00. The van der Waals surface area contributed by atoms with Gasteiger partial charge in [0.15, 0.2) is 0 Å². The lowest BCUT2D eigenvalue weighted by molar-refractivity contribution is 0.0695. The van der Waals surface area contributed by atoms with Gasteiger partial charge in [0.05, 0.1) is 0 Å². The molecule has 1 nitrogen and oxygen atoms in total. The van der Waals surface area contributed by atoms with Crippen molar-refractivity contribution in [1.82, 2.24) is 4.90 Å². The number of piperidine rings is 1. The van der Waals surface area contributed by atoms with E-state index < -0.39 is 0 Å². The predicted octanol–water partition coefficient (Wildman–Crippen LogP) is 2.52. The number of fused-ring (bicyclic) bond motifs is 2. The molecule has 2 rings (SSSR count). The van der Waals surface area contributed by atoms with Crippen LogP contribution in [0.4, 0.5) is 0 Å². The Balaban J connectivity index is 2.12. The molecule has 2 aliphatic rings. The molecule has 2 bridgehead atoms. The van der Waals surface area contributed by atoms with E-state index in [0.29, 0.717) is 5.54 Å². The average Bonchev–Trinajstić information content (AvgIpc) is 2.41. The number of nitrogens with zero attached hydrogens (tertiary/aromatic N) is 1. The van der Waals surface area contributed by atoms with Gasteiger partial charge in [-0.3, -0.25) is 4.90 Å². The second-order valence-electron chi connectivity index (χ2n) is 5.71. The number of rotatable bonds is 0. The highest BCUT2D eigenvalue weighted by Crippen LogP contribution is 2.44. The van der Waals surface area contributed by atoms with Crippen LogP contribution in [0.2, 0.25) is 0 Å². The second-order valence-corrected chi connectivity index (χ2v) is 5.71. The molecule has 0 radical (unpaired) electrons. The SMILES string of the molecule is C[C@@H]1C[C@@H]2C[C@H]1N(C(C)(C)C)C2. The quantitative estimate of drug-likeness (QED) is 0.536. The molecular weight excluding hydrogens is 146 g/mol. The van der Waals surface area contributed by atoms with Gasteiger partial charge in [-0.05, 0) is 45.4 Å². The third-order valence-corrected chi connectivity index (χ3v) is 3.65. The Morgan fingerprint density at radius 1 is 1.17 bits per heavy atom. The van der Waals surface area contributed by atoms with Crippen LogP contribution < -0.4 is 0 Å². The fourth-order valence-corrected chi connectivity index (χ4v) is 3.12. The fourth-order valence-electron chi connectivity index (χ4n) is 3.12. The molecular formula is C11H21N. The van der Waals surface area contributed by atoms with Gasteiger partial charge in [0.1, 0.15) is 0 Å². The molecule has 1 saturated carbocycles. The highest BCUT2D eigenvalue weighted by atomic mass is 15.2. The number of hydrogen-bond acceptors (Lipinski definition) is 1. The van der Waals surface area contributed by atoms with Crippen LogP contribution >= 0.6 is 0 Å². The molecule has 0 aromatic carbocycles. The van der Waals surface area contributed by atoms with Crippen molar-refractivity contribution in [3.05, 3.63) is 0 Å². The van der Waals surface area contributed by atoms with E-state index in [-0.39, 0.29) is 0 Å². The summed E-state index contributed by atoms with van der Waals surface area (Å²) in [6.45, 7) is 10.8. The van der Waals surface area contributed by atoms with E-state index in [1.165, 1.54) is 19.4 Å². The summed E-state index contributed by atoms with van der Waals surface area (Å²) in [5.41, 5.74) is 0.397. The van der Waals surface area contributed by atoms with Crippen molar-refractivity contribution in [3.63, 3.8) is 0 Å². The molecule has 0 N–H and O–H groups in total. The van der Waals surface area contributed by atoms with Crippen LogP contribution in [0.1, 0.15) is 40.5 Å². The number of hydrogen-bond donors (Lipinski definition) is 0. The van der Waals surface area contributed by atoms with Crippen molar-refractivity contribution in [2.75, 3.05) is 6.54 Å². The summed E-state index contributed by atoms with van der Waals surface area (Å²) in [7, 11) is 0. The van der Waals surface area contributed by atoms with E-state index in [1.807, 2.05) is 0 Å². The summed E-state index contributed by atoms with van der Waals surface area (Å²) in [6.07, 6.45) is 2.95. The summed E-state index contributed by atoms with van der Waals surface area (Å²) < 4.78 is 0. The summed E-state index contributed by atoms with van der Waals surface area (Å²) >= 11 is 0. The minimum atomic E-state index is 0.397. The molecule has 0 aromatic heterocycles. The van der Waals surface area contributed by atoms with E-state index in [2.05, 4.69) is 32.6 Å². The third-order valence-electron chi connectivity index (χ3n) is 3.65. The molecule has 0 amide bonds. The predicted molar refractivity (Wildman–Crippen MR) is 52.1 cm³/mol. The zero-order chi connectivity index (χ0) is 8.93. The lowest BCUT2D eigenvalue weighted by Crippen LogP contribution is -2.48. The first-order chi connectivity index (χ1) is 5.48. The van der Waals surface area contributed by atoms with Gasteiger partial charge in [0.25, 0.3) is 0 Å². The summed E-state index contributed by atoms with van der Waals surface area (Å²) in [4.78, 5) is 2.71. The van der Waals surface area contributed by atoms with E-state index >= 15 is 0 Å². The third kappa shape index (κ3) is 1.19. The molecule has 0 unspecified atom stereocenters. The normalized spacial score (nSPS) is 42.5. The average molecular weight is 167 g/mol. The maximum absolute atomic E-state index is 2.71. The minimum absolute atomic E-state index is 0.397. The van der Waals surface area contributed by atoms with E-state index in [0.717, 1.165) is 17.9 Å². The topological polar surface area (TPSA) is 3.24 Å². The molecule has 3 atom stereocenters. The molecule has 2 fully saturated rings. The van der Waals surface area contributed by atoms with Crippen molar-refractivity contribution in [2.24, 2.45) is 11.8 Å². The van der Waals surface area contributed by atoms with Crippen LogP contribution in [0, 0.1) is 11.8 Å². The van der Waals surface area contributed by atoms with Crippen LogP contribution in [-0.4, -0.2) is 23.0 Å². The summed E-state index contributed by atoms with van der Waals surface area (Å²) in [6, 6.07) is 0.898. The largest absolute Gasteiger partial charge is 0.295 e. The van der Waals surface area contributed by atoms with Crippen molar-refractivity contribution in [3.8, 4) is 0 Å². The van der Waals surface area contributed by atoms with Crippen LogP contribution in [0.25, 0.3) is 0 Å². The molecule has 1 aliphatic heterocycles. The fraction of sp³-hybridized carbons (Fsp3) is 1.00. The maximum Gasteiger partial charge on any atom is 0.0129 e. The Morgan fingerprint density at radius 3 is 2.17 bits per heavy atom.